The Balaban J connectivity index is 2.56. The van der Waals surface area contributed by atoms with Gasteiger partial charge >= 0.3 is 5.69 Å². The van der Waals surface area contributed by atoms with Gasteiger partial charge in [-0.25, -0.2) is 4.79 Å². The molecule has 2 heterocycles. The second-order valence-corrected chi connectivity index (χ2v) is 4.92. The van der Waals surface area contributed by atoms with Crippen molar-refractivity contribution < 1.29 is 14.9 Å². The van der Waals surface area contributed by atoms with Crippen molar-refractivity contribution in [2.45, 2.75) is 37.9 Å². The van der Waals surface area contributed by atoms with Crippen LogP contribution in [0.15, 0.2) is 17.1 Å². The molecule has 20 heavy (non-hydrogen) atoms. The Kier molecular flexibility index (Phi) is 3.52. The number of rotatable bonds is 2. The molecule has 1 aliphatic rings. The van der Waals surface area contributed by atoms with Gasteiger partial charge in [-0.15, -0.1) is 0 Å². The van der Waals surface area contributed by atoms with Crippen molar-refractivity contribution in [2.75, 3.05) is 5.73 Å². The van der Waals surface area contributed by atoms with Gasteiger partial charge in [0.2, 0.25) is 5.72 Å². The molecule has 8 nitrogen and oxygen atoms in total. The Morgan fingerprint density at radius 2 is 2.35 bits per heavy atom. The Labute approximate surface area is 115 Å². The predicted octanol–water partition coefficient (Wildman–Crippen LogP) is -1.22. The van der Waals surface area contributed by atoms with Gasteiger partial charge in [0, 0.05) is 12.1 Å². The largest absolute Gasteiger partial charge is 0.391 e. The lowest BCUT2D eigenvalue weighted by atomic mass is 9.92. The first kappa shape index (κ1) is 14.5. The van der Waals surface area contributed by atoms with Crippen molar-refractivity contribution in [1.82, 2.24) is 9.55 Å². The molecule has 8 heteroatoms. The van der Waals surface area contributed by atoms with Gasteiger partial charge in [-0.2, -0.15) is 10.2 Å². The third kappa shape index (κ3) is 1.96. The topological polar surface area (TPSA) is 134 Å². The van der Waals surface area contributed by atoms with E-state index in [4.69, 9.17) is 10.5 Å². The molecular weight excluding hydrogens is 264 g/mol. The number of nitriles is 1. The summed E-state index contributed by atoms with van der Waals surface area (Å²) in [6.45, 7) is 3.01. The standard InChI is InChI=1S/C12H16N4O4/c1-6-9(18)10(7(2)17)20-12(6,5-13)16-4-3-8(14)15-11(16)19/h3-4,6-7,9-10,17-18H,1-2H3,(H2,14,15,19)/t6?,7-,9+,10?,12-/m1/s1. The van der Waals surface area contributed by atoms with Crippen LogP contribution in [-0.2, 0) is 10.5 Å². The summed E-state index contributed by atoms with van der Waals surface area (Å²) in [4.78, 5) is 15.5. The summed E-state index contributed by atoms with van der Waals surface area (Å²) in [5, 5.41) is 29.2. The number of aromatic nitrogens is 2. The molecular formula is C12H16N4O4. The minimum Gasteiger partial charge on any atom is -0.391 e. The molecule has 0 bridgehead atoms. The fourth-order valence-electron chi connectivity index (χ4n) is 2.41. The maximum absolute atomic E-state index is 11.9. The average Bonchev–Trinajstić information content (AvgIpc) is 2.64. The number of aliphatic hydroxyl groups is 2. The van der Waals surface area contributed by atoms with Crippen LogP contribution in [0.25, 0.3) is 0 Å². The molecule has 2 unspecified atom stereocenters. The monoisotopic (exact) mass is 280 g/mol. The van der Waals surface area contributed by atoms with E-state index in [2.05, 4.69) is 4.98 Å². The van der Waals surface area contributed by atoms with Crippen molar-refractivity contribution in [2.24, 2.45) is 5.92 Å². The molecule has 1 saturated heterocycles. The highest BCUT2D eigenvalue weighted by Gasteiger charge is 2.56. The fraction of sp³-hybridized carbons (Fsp3) is 0.583. The zero-order valence-corrected chi connectivity index (χ0v) is 11.1. The molecule has 108 valence electrons. The number of nitrogens with zero attached hydrogens (tertiary/aromatic N) is 3. The summed E-state index contributed by atoms with van der Waals surface area (Å²) >= 11 is 0. The lowest BCUT2D eigenvalue weighted by Gasteiger charge is -2.27. The number of anilines is 1. The van der Waals surface area contributed by atoms with Crippen molar-refractivity contribution in [3.05, 3.63) is 22.7 Å². The highest BCUT2D eigenvalue weighted by atomic mass is 16.6. The van der Waals surface area contributed by atoms with Crippen molar-refractivity contribution >= 4 is 5.82 Å². The van der Waals surface area contributed by atoms with Gasteiger partial charge in [0.1, 0.15) is 18.0 Å². The van der Waals surface area contributed by atoms with Crippen molar-refractivity contribution in [1.29, 1.82) is 5.26 Å². The molecule has 5 atom stereocenters. The molecule has 0 saturated carbocycles. The summed E-state index contributed by atoms with van der Waals surface area (Å²) in [6, 6.07) is 3.27. The number of nitrogen functional groups attached to an aromatic ring is 1. The number of hydrogen-bond acceptors (Lipinski definition) is 7. The van der Waals surface area contributed by atoms with Crippen LogP contribution < -0.4 is 11.4 Å². The van der Waals surface area contributed by atoms with Crippen LogP contribution in [-0.4, -0.2) is 38.1 Å². The molecule has 0 aliphatic carbocycles. The van der Waals surface area contributed by atoms with Crippen LogP contribution in [0.3, 0.4) is 0 Å². The van der Waals surface area contributed by atoms with Gasteiger partial charge in [0.25, 0.3) is 0 Å². The van der Waals surface area contributed by atoms with Crippen LogP contribution in [0.4, 0.5) is 5.82 Å². The lowest BCUT2D eigenvalue weighted by Crippen LogP contribution is -2.45. The number of ether oxygens (including phenoxy) is 1. The third-order valence-corrected chi connectivity index (χ3v) is 3.60. The molecule has 1 aliphatic heterocycles. The first-order chi connectivity index (χ1) is 9.33. The van der Waals surface area contributed by atoms with E-state index in [1.165, 1.54) is 19.2 Å². The maximum Gasteiger partial charge on any atom is 0.352 e. The highest BCUT2D eigenvalue weighted by Crippen LogP contribution is 2.40. The molecule has 2 rings (SSSR count). The van der Waals surface area contributed by atoms with E-state index >= 15 is 0 Å². The normalized spacial score (nSPS) is 34.6. The summed E-state index contributed by atoms with van der Waals surface area (Å²) in [5.41, 5.74) is 2.93. The van der Waals surface area contributed by atoms with Crippen molar-refractivity contribution in [3.63, 3.8) is 0 Å². The van der Waals surface area contributed by atoms with E-state index in [0.29, 0.717) is 0 Å². The SMILES string of the molecule is CC1[C@H](O)C([C@@H](C)O)O[C@@]1(C#N)n1ccc(N)nc1=O. The lowest BCUT2D eigenvalue weighted by molar-refractivity contribution is -0.113. The van der Waals surface area contributed by atoms with Crippen LogP contribution in [0.2, 0.25) is 0 Å². The Hall–Kier alpha value is -1.95. The van der Waals surface area contributed by atoms with Gasteiger partial charge in [0.15, 0.2) is 0 Å². The second kappa shape index (κ2) is 4.86. The summed E-state index contributed by atoms with van der Waals surface area (Å²) < 4.78 is 6.50. The molecule has 4 N–H and O–H groups in total. The van der Waals surface area contributed by atoms with E-state index < -0.39 is 35.6 Å². The van der Waals surface area contributed by atoms with E-state index in [9.17, 15) is 20.3 Å². The molecule has 0 spiro atoms. The van der Waals surface area contributed by atoms with E-state index in [0.717, 1.165) is 4.57 Å². The fourth-order valence-corrected chi connectivity index (χ4v) is 2.41. The summed E-state index contributed by atoms with van der Waals surface area (Å²) in [7, 11) is 0. The van der Waals surface area contributed by atoms with Gasteiger partial charge in [0.05, 0.1) is 12.2 Å². The zero-order chi connectivity index (χ0) is 15.1. The minimum atomic E-state index is -1.72. The summed E-state index contributed by atoms with van der Waals surface area (Å²) in [5.74, 6) is -0.701. The van der Waals surface area contributed by atoms with Gasteiger partial charge in [-0.05, 0) is 13.0 Å². The van der Waals surface area contributed by atoms with Gasteiger partial charge in [-0.1, -0.05) is 6.92 Å². The zero-order valence-electron chi connectivity index (χ0n) is 11.1. The van der Waals surface area contributed by atoms with Crippen molar-refractivity contribution in [3.8, 4) is 6.07 Å². The van der Waals surface area contributed by atoms with Gasteiger partial charge in [-0.3, -0.25) is 4.57 Å². The first-order valence-electron chi connectivity index (χ1n) is 6.14. The van der Waals surface area contributed by atoms with Crippen LogP contribution >= 0.6 is 0 Å². The van der Waals surface area contributed by atoms with E-state index in [1.807, 2.05) is 6.07 Å². The number of hydrogen-bond donors (Lipinski definition) is 3. The molecule has 1 aromatic heterocycles. The van der Waals surface area contributed by atoms with Crippen LogP contribution in [0.1, 0.15) is 13.8 Å². The molecule has 0 radical (unpaired) electrons. The smallest absolute Gasteiger partial charge is 0.352 e. The van der Waals surface area contributed by atoms with E-state index in [1.54, 1.807) is 6.92 Å². The predicted molar refractivity (Wildman–Crippen MR) is 68.2 cm³/mol. The molecule has 1 fully saturated rings. The quantitative estimate of drug-likeness (QED) is 0.618. The first-order valence-corrected chi connectivity index (χ1v) is 6.14. The summed E-state index contributed by atoms with van der Waals surface area (Å²) in [6.07, 6.45) is -1.74. The van der Waals surface area contributed by atoms with Gasteiger partial charge < -0.3 is 20.7 Å². The molecule has 0 aromatic carbocycles. The molecule has 0 amide bonds. The molecule has 1 aromatic rings. The average molecular weight is 280 g/mol. The maximum atomic E-state index is 11.9. The third-order valence-electron chi connectivity index (χ3n) is 3.60. The highest BCUT2D eigenvalue weighted by molar-refractivity contribution is 5.25. The Morgan fingerprint density at radius 1 is 1.70 bits per heavy atom. The Morgan fingerprint density at radius 3 is 2.80 bits per heavy atom. The number of nitrogens with two attached hydrogens (primary N) is 1. The van der Waals surface area contributed by atoms with Crippen LogP contribution in [0.5, 0.6) is 0 Å². The van der Waals surface area contributed by atoms with Crippen LogP contribution in [0, 0.1) is 17.2 Å². The van der Waals surface area contributed by atoms with E-state index in [-0.39, 0.29) is 5.82 Å². The second-order valence-electron chi connectivity index (χ2n) is 4.92. The number of aliphatic hydroxyl groups excluding tert-OH is 2. The Bertz CT molecular complexity index is 608. The minimum absolute atomic E-state index is 0.0256.